The van der Waals surface area contributed by atoms with Gasteiger partial charge in [-0.2, -0.15) is 0 Å². The van der Waals surface area contributed by atoms with Crippen LogP contribution in [0, 0.1) is 18.8 Å². The van der Waals surface area contributed by atoms with Crippen LogP contribution in [0.1, 0.15) is 58.4 Å². The predicted molar refractivity (Wildman–Crippen MR) is 120 cm³/mol. The minimum atomic E-state index is -3.55. The van der Waals surface area contributed by atoms with Crippen molar-refractivity contribution in [1.29, 1.82) is 0 Å². The van der Waals surface area contributed by atoms with E-state index in [0.29, 0.717) is 10.8 Å². The van der Waals surface area contributed by atoms with Crippen LogP contribution in [0.5, 0.6) is 0 Å². The molecule has 0 heterocycles. The predicted octanol–water partition coefficient (Wildman–Crippen LogP) is 5.82. The van der Waals surface area contributed by atoms with E-state index >= 15 is 0 Å². The minimum absolute atomic E-state index is 0.0912. The van der Waals surface area contributed by atoms with Crippen molar-refractivity contribution < 1.29 is 8.42 Å². The molecule has 0 aromatic heterocycles. The highest BCUT2D eigenvalue weighted by Gasteiger charge is 2.37. The molecule has 0 bridgehead atoms. The van der Waals surface area contributed by atoms with Crippen LogP contribution in [0.2, 0.25) is 0 Å². The first-order valence-corrected chi connectivity index (χ1v) is 12.6. The number of benzene rings is 1. The molecule has 0 saturated heterocycles. The molecule has 1 aromatic rings. The first-order chi connectivity index (χ1) is 13.2. The smallest absolute Gasteiger partial charge is 0.207 e. The van der Waals surface area contributed by atoms with Crippen molar-refractivity contribution in [3.8, 4) is 0 Å². The van der Waals surface area contributed by atoms with Crippen molar-refractivity contribution in [2.75, 3.05) is 0 Å². The lowest BCUT2D eigenvalue weighted by Crippen LogP contribution is -2.45. The minimum Gasteiger partial charge on any atom is -0.207 e. The number of hydrogen-bond acceptors (Lipinski definition) is 3. The lowest BCUT2D eigenvalue weighted by Gasteiger charge is -2.36. The maximum Gasteiger partial charge on any atom is 0.240 e. The molecule has 2 aliphatic rings. The molecular formula is C23H33NO2S2. The number of sulfonamides is 1. The summed E-state index contributed by atoms with van der Waals surface area (Å²) in [6.45, 7) is 8.60. The number of thioether (sulfide) groups is 1. The summed E-state index contributed by atoms with van der Waals surface area (Å²) >= 11 is 1.85. The third kappa shape index (κ3) is 5.52. The van der Waals surface area contributed by atoms with Gasteiger partial charge in [-0.25, -0.2) is 13.1 Å². The standard InChI is InChI=1S/C23H33NO2S2/c1-17-13-15-19(16-14-17)28(25,26)24-22(18-9-6-5-7-10-18)20-11-8-12-21(20)27-23(2,3)4/h8,11-16,18,20,22,24H,5-7,9-10H2,1-4H3/t20?,22-/m0/s1. The summed E-state index contributed by atoms with van der Waals surface area (Å²) in [7, 11) is -3.55. The van der Waals surface area contributed by atoms with E-state index in [0.717, 1.165) is 18.4 Å². The number of allylic oxidation sites excluding steroid dienone is 2. The van der Waals surface area contributed by atoms with Gasteiger partial charge in [0.2, 0.25) is 10.0 Å². The summed E-state index contributed by atoms with van der Waals surface area (Å²) in [5, 5.41) is 0. The van der Waals surface area contributed by atoms with Crippen LogP contribution in [0.3, 0.4) is 0 Å². The van der Waals surface area contributed by atoms with Gasteiger partial charge < -0.3 is 0 Å². The third-order valence-corrected chi connectivity index (χ3v) is 8.23. The van der Waals surface area contributed by atoms with Crippen molar-refractivity contribution in [2.45, 2.75) is 75.5 Å². The molecule has 0 spiro atoms. The highest BCUT2D eigenvalue weighted by Crippen LogP contribution is 2.43. The number of rotatable bonds is 6. The maximum absolute atomic E-state index is 13.2. The normalized spacial score (nSPS) is 22.3. The molecule has 0 aliphatic heterocycles. The number of nitrogens with one attached hydrogen (secondary N) is 1. The lowest BCUT2D eigenvalue weighted by atomic mass is 9.79. The second-order valence-electron chi connectivity index (χ2n) is 9.05. The Kier molecular flexibility index (Phi) is 6.78. The molecule has 0 amide bonds. The van der Waals surface area contributed by atoms with Crippen LogP contribution >= 0.6 is 11.8 Å². The summed E-state index contributed by atoms with van der Waals surface area (Å²) in [6, 6.07) is 7.05. The summed E-state index contributed by atoms with van der Waals surface area (Å²) in [4.78, 5) is 1.63. The van der Waals surface area contributed by atoms with Crippen molar-refractivity contribution in [3.63, 3.8) is 0 Å². The van der Waals surface area contributed by atoms with Crippen molar-refractivity contribution in [3.05, 3.63) is 53.0 Å². The van der Waals surface area contributed by atoms with Crippen LogP contribution < -0.4 is 4.72 Å². The third-order valence-electron chi connectivity index (χ3n) is 5.50. The molecule has 2 atom stereocenters. The Bertz CT molecular complexity index is 826. The molecule has 3 nitrogen and oxygen atoms in total. The molecule has 1 fully saturated rings. The molecule has 1 unspecified atom stereocenters. The monoisotopic (exact) mass is 419 g/mol. The SMILES string of the molecule is Cc1ccc(S(=O)(=O)N[C@@H](C2CCCCC2)C2C=CC=C2SC(C)(C)C)cc1. The molecule has 0 radical (unpaired) electrons. The molecular weight excluding hydrogens is 386 g/mol. The van der Waals surface area contributed by atoms with E-state index in [1.807, 2.05) is 30.8 Å². The summed E-state index contributed by atoms with van der Waals surface area (Å²) in [5.74, 6) is 0.498. The van der Waals surface area contributed by atoms with Crippen LogP contribution in [0.4, 0.5) is 0 Å². The summed E-state index contributed by atoms with van der Waals surface area (Å²) < 4.78 is 29.6. The van der Waals surface area contributed by atoms with Crippen molar-refractivity contribution in [2.24, 2.45) is 11.8 Å². The molecule has 1 saturated carbocycles. The Morgan fingerprint density at radius 1 is 1.07 bits per heavy atom. The average Bonchev–Trinajstić information content (AvgIpc) is 3.07. The van der Waals surface area contributed by atoms with Gasteiger partial charge >= 0.3 is 0 Å². The van der Waals surface area contributed by atoms with E-state index in [-0.39, 0.29) is 16.7 Å². The van der Waals surface area contributed by atoms with Crippen molar-refractivity contribution >= 4 is 21.8 Å². The van der Waals surface area contributed by atoms with Gasteiger partial charge in [0, 0.05) is 16.7 Å². The largest absolute Gasteiger partial charge is 0.240 e. The zero-order chi connectivity index (χ0) is 20.4. The van der Waals surface area contributed by atoms with Gasteiger partial charge in [0.15, 0.2) is 0 Å². The van der Waals surface area contributed by atoms with Gasteiger partial charge in [-0.3, -0.25) is 0 Å². The van der Waals surface area contributed by atoms with E-state index in [2.05, 4.69) is 43.7 Å². The van der Waals surface area contributed by atoms with Gasteiger partial charge in [0.25, 0.3) is 0 Å². The quantitative estimate of drug-likeness (QED) is 0.631. The zero-order valence-corrected chi connectivity index (χ0v) is 19.1. The highest BCUT2D eigenvalue weighted by atomic mass is 32.2. The van der Waals surface area contributed by atoms with E-state index < -0.39 is 10.0 Å². The fourth-order valence-electron chi connectivity index (χ4n) is 4.15. The van der Waals surface area contributed by atoms with Crippen LogP contribution in [-0.2, 0) is 10.0 Å². The molecule has 3 rings (SSSR count). The Morgan fingerprint density at radius 2 is 1.71 bits per heavy atom. The summed E-state index contributed by atoms with van der Waals surface area (Å²) in [5.41, 5.74) is 1.06. The Hall–Kier alpha value is -1.04. The van der Waals surface area contributed by atoms with Gasteiger partial charge in [-0.1, -0.05) is 76.0 Å². The van der Waals surface area contributed by atoms with Gasteiger partial charge in [-0.15, -0.1) is 11.8 Å². The number of aryl methyl sites for hydroxylation is 1. The summed E-state index contributed by atoms with van der Waals surface area (Å²) in [6.07, 6.45) is 12.3. The van der Waals surface area contributed by atoms with Gasteiger partial charge in [0.1, 0.15) is 0 Å². The van der Waals surface area contributed by atoms with Crippen LogP contribution in [0.15, 0.2) is 52.3 Å². The zero-order valence-electron chi connectivity index (χ0n) is 17.4. The fraction of sp³-hybridized carbons (Fsp3) is 0.565. The van der Waals surface area contributed by atoms with Crippen LogP contribution in [-0.4, -0.2) is 19.2 Å². The van der Waals surface area contributed by atoms with E-state index in [4.69, 9.17) is 0 Å². The van der Waals surface area contributed by atoms with Crippen molar-refractivity contribution in [1.82, 2.24) is 4.72 Å². The van der Waals surface area contributed by atoms with E-state index in [9.17, 15) is 8.42 Å². The Labute approximate surface area is 175 Å². The molecule has 1 aromatic carbocycles. The molecule has 28 heavy (non-hydrogen) atoms. The highest BCUT2D eigenvalue weighted by molar-refractivity contribution is 8.04. The van der Waals surface area contributed by atoms with Gasteiger partial charge in [-0.05, 0) is 42.7 Å². The molecule has 1 N–H and O–H groups in total. The molecule has 154 valence electrons. The molecule has 2 aliphatic carbocycles. The number of hydrogen-bond donors (Lipinski definition) is 1. The lowest BCUT2D eigenvalue weighted by molar-refractivity contribution is 0.268. The Morgan fingerprint density at radius 3 is 2.32 bits per heavy atom. The maximum atomic E-state index is 13.2. The topological polar surface area (TPSA) is 46.2 Å². The fourth-order valence-corrected chi connectivity index (χ4v) is 6.69. The van der Waals surface area contributed by atoms with Gasteiger partial charge in [0.05, 0.1) is 4.90 Å². The average molecular weight is 420 g/mol. The second-order valence-corrected chi connectivity index (χ2v) is 12.7. The first-order valence-electron chi connectivity index (χ1n) is 10.3. The second kappa shape index (κ2) is 8.76. The molecule has 5 heteroatoms. The first kappa shape index (κ1) is 21.7. The van der Waals surface area contributed by atoms with E-state index in [1.54, 1.807) is 12.1 Å². The van der Waals surface area contributed by atoms with E-state index in [1.165, 1.54) is 24.2 Å². The van der Waals surface area contributed by atoms with Crippen LogP contribution in [0.25, 0.3) is 0 Å². The Balaban J connectivity index is 1.88.